The number of nitrogens with one attached hydrogen (secondary N) is 1. The summed E-state index contributed by atoms with van der Waals surface area (Å²) in [6.45, 7) is 4.72. The molecule has 2 heterocycles. The first-order valence-electron chi connectivity index (χ1n) is 9.26. The minimum Gasteiger partial charge on any atom is -0.371 e. The van der Waals surface area contributed by atoms with Crippen molar-refractivity contribution in [3.8, 4) is 0 Å². The molecule has 0 radical (unpaired) electrons. The molecule has 1 unspecified atom stereocenters. The van der Waals surface area contributed by atoms with Crippen LogP contribution in [-0.2, 0) is 10.0 Å². The number of nitro benzene ring substituents is 1. The van der Waals surface area contributed by atoms with Gasteiger partial charge >= 0.3 is 0 Å². The van der Waals surface area contributed by atoms with Crippen LogP contribution in [0.3, 0.4) is 0 Å². The van der Waals surface area contributed by atoms with Crippen LogP contribution in [0, 0.1) is 17.0 Å². The van der Waals surface area contributed by atoms with Gasteiger partial charge in [-0.3, -0.25) is 10.1 Å². The summed E-state index contributed by atoms with van der Waals surface area (Å²) in [6.07, 6.45) is 5.38. The second-order valence-corrected chi connectivity index (χ2v) is 10.1. The van der Waals surface area contributed by atoms with Gasteiger partial charge in [0.1, 0.15) is 10.7 Å². The molecule has 0 aliphatic carbocycles. The Balaban J connectivity index is 1.89. The molecule has 152 valence electrons. The maximum atomic E-state index is 12.9. The van der Waals surface area contributed by atoms with E-state index in [1.54, 1.807) is 6.20 Å². The number of aryl methyl sites for hydroxylation is 1. The molecule has 8 nitrogen and oxygen atoms in total. The van der Waals surface area contributed by atoms with Crippen molar-refractivity contribution in [2.75, 3.05) is 18.4 Å². The van der Waals surface area contributed by atoms with Crippen molar-refractivity contribution in [1.82, 2.24) is 9.29 Å². The van der Waals surface area contributed by atoms with Crippen LogP contribution in [-0.4, -0.2) is 35.7 Å². The third-order valence-corrected chi connectivity index (χ3v) is 7.74. The van der Waals surface area contributed by atoms with E-state index in [9.17, 15) is 18.5 Å². The maximum Gasteiger partial charge on any atom is 0.293 e. The highest BCUT2D eigenvalue weighted by molar-refractivity contribution is 7.89. The van der Waals surface area contributed by atoms with Gasteiger partial charge in [0.15, 0.2) is 0 Å². The number of nitrogens with zero attached hydrogens (tertiary/aromatic N) is 3. The first kappa shape index (κ1) is 20.7. The minimum absolute atomic E-state index is 0.0376. The van der Waals surface area contributed by atoms with E-state index in [1.807, 2.05) is 13.8 Å². The first-order valence-corrected chi connectivity index (χ1v) is 11.5. The summed E-state index contributed by atoms with van der Waals surface area (Å²) in [5, 5.41) is 15.5. The van der Waals surface area contributed by atoms with Crippen LogP contribution in [0.15, 0.2) is 29.3 Å². The molecule has 1 N–H and O–H groups in total. The Labute approximate surface area is 168 Å². The normalized spacial score (nSPS) is 17.1. The fourth-order valence-electron chi connectivity index (χ4n) is 3.24. The van der Waals surface area contributed by atoms with E-state index in [4.69, 9.17) is 0 Å². The van der Waals surface area contributed by atoms with E-state index >= 15 is 0 Å². The van der Waals surface area contributed by atoms with Gasteiger partial charge in [-0.15, -0.1) is 11.3 Å². The Morgan fingerprint density at radius 3 is 2.50 bits per heavy atom. The number of nitro groups is 1. The third kappa shape index (κ3) is 4.50. The Morgan fingerprint density at radius 1 is 1.25 bits per heavy atom. The number of sulfonamides is 1. The van der Waals surface area contributed by atoms with Gasteiger partial charge < -0.3 is 5.32 Å². The molecule has 10 heteroatoms. The number of rotatable bonds is 6. The Kier molecular flexibility index (Phi) is 6.31. The van der Waals surface area contributed by atoms with E-state index in [-0.39, 0.29) is 22.3 Å². The van der Waals surface area contributed by atoms with Crippen molar-refractivity contribution in [2.24, 2.45) is 0 Å². The standard InChI is InChI=1S/C18H24N4O4S2/c1-13-12-19-18(27-13)14(2)20-16-8-7-15(11-17(16)22(23)24)28(25,26)21-9-5-3-4-6-10-21/h7-8,11-12,14,20H,3-6,9-10H2,1-2H3. The van der Waals surface area contributed by atoms with Crippen LogP contribution in [0.4, 0.5) is 11.4 Å². The average molecular weight is 425 g/mol. The molecule has 0 spiro atoms. The van der Waals surface area contributed by atoms with Gasteiger partial charge in [0.25, 0.3) is 5.69 Å². The molecular weight excluding hydrogens is 400 g/mol. The molecular formula is C18H24N4O4S2. The number of aromatic nitrogens is 1. The van der Waals surface area contributed by atoms with Crippen molar-refractivity contribution in [3.63, 3.8) is 0 Å². The smallest absolute Gasteiger partial charge is 0.293 e. The van der Waals surface area contributed by atoms with Crippen LogP contribution in [0.1, 0.15) is 48.5 Å². The van der Waals surface area contributed by atoms with Crippen LogP contribution in [0.5, 0.6) is 0 Å². The minimum atomic E-state index is -3.74. The molecule has 3 rings (SSSR count). The molecule has 0 bridgehead atoms. The number of anilines is 1. The van der Waals surface area contributed by atoms with Crippen molar-refractivity contribution >= 4 is 32.7 Å². The van der Waals surface area contributed by atoms with E-state index in [1.165, 1.54) is 27.8 Å². The topological polar surface area (TPSA) is 105 Å². The van der Waals surface area contributed by atoms with Crippen LogP contribution in [0.2, 0.25) is 0 Å². The molecule has 28 heavy (non-hydrogen) atoms. The zero-order valence-corrected chi connectivity index (χ0v) is 17.6. The molecule has 0 saturated carbocycles. The number of benzene rings is 1. The first-order chi connectivity index (χ1) is 13.3. The van der Waals surface area contributed by atoms with Gasteiger partial charge in [0.2, 0.25) is 10.0 Å². The summed E-state index contributed by atoms with van der Waals surface area (Å²) in [5.41, 5.74) is 0.0243. The van der Waals surface area contributed by atoms with Gasteiger partial charge in [-0.2, -0.15) is 4.31 Å². The molecule has 2 aromatic rings. The average Bonchev–Trinajstić information content (AvgIpc) is 2.91. The molecule has 1 aromatic carbocycles. The summed E-state index contributed by atoms with van der Waals surface area (Å²) in [5.74, 6) is 0. The molecule has 1 saturated heterocycles. The predicted octanol–water partition coefficient (Wildman–Crippen LogP) is 4.10. The van der Waals surface area contributed by atoms with Gasteiger partial charge in [-0.25, -0.2) is 13.4 Å². The Morgan fingerprint density at radius 2 is 1.93 bits per heavy atom. The predicted molar refractivity (Wildman–Crippen MR) is 109 cm³/mol. The highest BCUT2D eigenvalue weighted by atomic mass is 32.2. The fraction of sp³-hybridized carbons (Fsp3) is 0.500. The molecule has 1 fully saturated rings. The van der Waals surface area contributed by atoms with Crippen molar-refractivity contribution in [1.29, 1.82) is 0 Å². The lowest BCUT2D eigenvalue weighted by Crippen LogP contribution is -2.32. The largest absolute Gasteiger partial charge is 0.371 e. The molecule has 0 amide bonds. The highest BCUT2D eigenvalue weighted by Gasteiger charge is 2.28. The lowest BCUT2D eigenvalue weighted by molar-refractivity contribution is -0.384. The lowest BCUT2D eigenvalue weighted by Gasteiger charge is -2.20. The molecule has 1 atom stereocenters. The number of hydrogen-bond donors (Lipinski definition) is 1. The Bertz CT molecular complexity index is 950. The summed E-state index contributed by atoms with van der Waals surface area (Å²) in [4.78, 5) is 16.4. The Hall–Kier alpha value is -2.04. The van der Waals surface area contributed by atoms with Gasteiger partial charge in [-0.1, -0.05) is 12.8 Å². The summed E-state index contributed by atoms with van der Waals surface area (Å²) >= 11 is 1.51. The number of thiazole rings is 1. The zero-order valence-electron chi connectivity index (χ0n) is 15.9. The van der Waals surface area contributed by atoms with E-state index in [0.29, 0.717) is 13.1 Å². The number of hydrogen-bond acceptors (Lipinski definition) is 7. The maximum absolute atomic E-state index is 12.9. The zero-order chi connectivity index (χ0) is 20.3. The summed E-state index contributed by atoms with van der Waals surface area (Å²) < 4.78 is 27.3. The molecule has 1 aromatic heterocycles. The monoisotopic (exact) mass is 424 g/mol. The van der Waals surface area contributed by atoms with Crippen LogP contribution >= 0.6 is 11.3 Å². The van der Waals surface area contributed by atoms with Gasteiger partial charge in [-0.05, 0) is 38.8 Å². The highest BCUT2D eigenvalue weighted by Crippen LogP contribution is 2.33. The van der Waals surface area contributed by atoms with Crippen molar-refractivity contribution < 1.29 is 13.3 Å². The quantitative estimate of drug-likeness (QED) is 0.553. The third-order valence-electron chi connectivity index (χ3n) is 4.75. The van der Waals surface area contributed by atoms with E-state index in [0.717, 1.165) is 41.6 Å². The molecule has 1 aliphatic heterocycles. The second kappa shape index (κ2) is 8.54. The SMILES string of the molecule is Cc1cnc(C(C)Nc2ccc(S(=O)(=O)N3CCCCCC3)cc2[N+](=O)[O-])s1. The molecule has 1 aliphatic rings. The van der Waals surface area contributed by atoms with Crippen LogP contribution in [0.25, 0.3) is 0 Å². The summed E-state index contributed by atoms with van der Waals surface area (Å²) in [7, 11) is -3.74. The van der Waals surface area contributed by atoms with E-state index < -0.39 is 14.9 Å². The summed E-state index contributed by atoms with van der Waals surface area (Å²) in [6, 6.07) is 3.84. The van der Waals surface area contributed by atoms with E-state index in [2.05, 4.69) is 10.3 Å². The van der Waals surface area contributed by atoms with Gasteiger partial charge in [0, 0.05) is 30.2 Å². The van der Waals surface area contributed by atoms with Crippen LogP contribution < -0.4 is 5.32 Å². The van der Waals surface area contributed by atoms with Gasteiger partial charge in [0.05, 0.1) is 15.9 Å². The second-order valence-electron chi connectivity index (χ2n) is 6.93. The van der Waals surface area contributed by atoms with Crippen molar-refractivity contribution in [2.45, 2.75) is 50.5 Å². The lowest BCUT2D eigenvalue weighted by atomic mass is 10.2. The van der Waals surface area contributed by atoms with Crippen molar-refractivity contribution in [3.05, 3.63) is 44.4 Å². The fourth-order valence-corrected chi connectivity index (χ4v) is 5.56.